The Balaban J connectivity index is 2.57. The Morgan fingerprint density at radius 1 is 1.47 bits per heavy atom. The summed E-state index contributed by atoms with van der Waals surface area (Å²) >= 11 is 0. The summed E-state index contributed by atoms with van der Waals surface area (Å²) in [6, 6.07) is 2.60. The zero-order valence-corrected chi connectivity index (χ0v) is 9.99. The summed E-state index contributed by atoms with van der Waals surface area (Å²) in [6.07, 6.45) is 2.92. The van der Waals surface area contributed by atoms with Gasteiger partial charge in [-0.1, -0.05) is 6.92 Å². The monoisotopic (exact) mass is 210 g/mol. The van der Waals surface area contributed by atoms with Crippen molar-refractivity contribution in [1.82, 2.24) is 4.90 Å². The van der Waals surface area contributed by atoms with Gasteiger partial charge >= 0.3 is 0 Å². The van der Waals surface area contributed by atoms with Crippen LogP contribution in [-0.2, 0) is 13.1 Å². The minimum absolute atomic E-state index is 0.552. The maximum Gasteiger partial charge on any atom is 0.118 e. The van der Waals surface area contributed by atoms with E-state index in [2.05, 4.69) is 25.7 Å². The molecule has 0 fully saturated rings. The zero-order chi connectivity index (χ0) is 11.3. The van der Waals surface area contributed by atoms with Gasteiger partial charge in [0, 0.05) is 18.2 Å². The van der Waals surface area contributed by atoms with E-state index in [0.29, 0.717) is 12.6 Å². The molecule has 3 nitrogen and oxygen atoms in total. The van der Waals surface area contributed by atoms with Crippen LogP contribution >= 0.6 is 0 Å². The van der Waals surface area contributed by atoms with Crippen LogP contribution in [0.15, 0.2) is 16.7 Å². The molecule has 0 aliphatic carbocycles. The molecule has 0 bridgehead atoms. The second-order valence-electron chi connectivity index (χ2n) is 4.19. The first-order chi connectivity index (χ1) is 7.17. The number of rotatable bonds is 6. The first-order valence-electron chi connectivity index (χ1n) is 5.67. The van der Waals surface area contributed by atoms with Gasteiger partial charge in [-0.3, -0.25) is 4.90 Å². The van der Waals surface area contributed by atoms with Crippen LogP contribution in [0.25, 0.3) is 0 Å². The molecule has 15 heavy (non-hydrogen) atoms. The van der Waals surface area contributed by atoms with Crippen LogP contribution in [0.2, 0.25) is 0 Å². The van der Waals surface area contributed by atoms with Gasteiger partial charge in [0.05, 0.1) is 12.8 Å². The SMILES string of the molecule is CCCN(Cc1cc(CN)co1)C(C)C. The van der Waals surface area contributed by atoms with Crippen molar-refractivity contribution in [2.45, 2.75) is 46.3 Å². The number of nitrogens with two attached hydrogens (primary N) is 1. The van der Waals surface area contributed by atoms with Crippen molar-refractivity contribution in [1.29, 1.82) is 0 Å². The molecule has 1 rings (SSSR count). The molecule has 0 spiro atoms. The molecular formula is C12H22N2O. The van der Waals surface area contributed by atoms with Gasteiger partial charge in [0.15, 0.2) is 0 Å². The van der Waals surface area contributed by atoms with Crippen LogP contribution in [0.3, 0.4) is 0 Å². The summed E-state index contributed by atoms with van der Waals surface area (Å²) in [5.41, 5.74) is 6.61. The summed E-state index contributed by atoms with van der Waals surface area (Å²) in [7, 11) is 0. The maximum absolute atomic E-state index is 5.54. The predicted octanol–water partition coefficient (Wildman–Crippen LogP) is 2.36. The molecular weight excluding hydrogens is 188 g/mol. The van der Waals surface area contributed by atoms with Crippen LogP contribution in [0, 0.1) is 0 Å². The fraction of sp³-hybridized carbons (Fsp3) is 0.667. The molecule has 0 radical (unpaired) electrons. The molecule has 1 aromatic heterocycles. The van der Waals surface area contributed by atoms with Gasteiger partial charge in [0.25, 0.3) is 0 Å². The smallest absolute Gasteiger partial charge is 0.118 e. The topological polar surface area (TPSA) is 42.4 Å². The number of furan rings is 1. The summed E-state index contributed by atoms with van der Waals surface area (Å²) in [5.74, 6) is 1.01. The van der Waals surface area contributed by atoms with E-state index in [1.165, 1.54) is 6.42 Å². The minimum Gasteiger partial charge on any atom is -0.468 e. The van der Waals surface area contributed by atoms with Crippen molar-refractivity contribution in [2.24, 2.45) is 5.73 Å². The standard InChI is InChI=1S/C12H22N2O/c1-4-5-14(10(2)3)8-12-6-11(7-13)9-15-12/h6,9-10H,4-5,7-8,13H2,1-3H3. The highest BCUT2D eigenvalue weighted by atomic mass is 16.3. The third-order valence-corrected chi connectivity index (χ3v) is 2.54. The fourth-order valence-electron chi connectivity index (χ4n) is 1.62. The zero-order valence-electron chi connectivity index (χ0n) is 9.99. The van der Waals surface area contributed by atoms with E-state index in [4.69, 9.17) is 10.2 Å². The quantitative estimate of drug-likeness (QED) is 0.783. The van der Waals surface area contributed by atoms with Crippen LogP contribution < -0.4 is 5.73 Å². The Morgan fingerprint density at radius 3 is 2.67 bits per heavy atom. The summed E-state index contributed by atoms with van der Waals surface area (Å²) in [5, 5.41) is 0. The lowest BCUT2D eigenvalue weighted by atomic mass is 10.2. The van der Waals surface area contributed by atoms with E-state index in [-0.39, 0.29) is 0 Å². The fourth-order valence-corrected chi connectivity index (χ4v) is 1.62. The van der Waals surface area contributed by atoms with Crippen LogP contribution in [-0.4, -0.2) is 17.5 Å². The molecule has 2 N–H and O–H groups in total. The van der Waals surface area contributed by atoms with Crippen molar-refractivity contribution in [2.75, 3.05) is 6.54 Å². The van der Waals surface area contributed by atoms with E-state index in [9.17, 15) is 0 Å². The lowest BCUT2D eigenvalue weighted by Crippen LogP contribution is -2.30. The molecule has 1 heterocycles. The third-order valence-electron chi connectivity index (χ3n) is 2.54. The Labute approximate surface area is 92.2 Å². The third kappa shape index (κ3) is 3.68. The van der Waals surface area contributed by atoms with Crippen LogP contribution in [0.5, 0.6) is 0 Å². The first kappa shape index (κ1) is 12.3. The molecule has 0 saturated heterocycles. The lowest BCUT2D eigenvalue weighted by molar-refractivity contribution is 0.197. The van der Waals surface area contributed by atoms with E-state index < -0.39 is 0 Å². The maximum atomic E-state index is 5.54. The molecule has 0 unspecified atom stereocenters. The van der Waals surface area contributed by atoms with E-state index in [1.54, 1.807) is 6.26 Å². The second kappa shape index (κ2) is 5.93. The summed E-state index contributed by atoms with van der Waals surface area (Å²) in [4.78, 5) is 2.40. The molecule has 0 aliphatic heterocycles. The van der Waals surface area contributed by atoms with Crippen molar-refractivity contribution in [3.8, 4) is 0 Å². The Kier molecular flexibility index (Phi) is 4.85. The predicted molar refractivity (Wildman–Crippen MR) is 62.4 cm³/mol. The minimum atomic E-state index is 0.552. The van der Waals surface area contributed by atoms with Gasteiger partial charge in [0.1, 0.15) is 5.76 Å². The highest BCUT2D eigenvalue weighted by Gasteiger charge is 2.11. The Morgan fingerprint density at radius 2 is 2.20 bits per heavy atom. The van der Waals surface area contributed by atoms with E-state index in [1.807, 2.05) is 6.07 Å². The first-order valence-corrected chi connectivity index (χ1v) is 5.67. The average molecular weight is 210 g/mol. The molecule has 0 aliphatic rings. The van der Waals surface area contributed by atoms with Crippen molar-refractivity contribution in [3.63, 3.8) is 0 Å². The van der Waals surface area contributed by atoms with E-state index in [0.717, 1.165) is 24.4 Å². The van der Waals surface area contributed by atoms with Gasteiger partial charge in [0.2, 0.25) is 0 Å². The molecule has 86 valence electrons. The second-order valence-corrected chi connectivity index (χ2v) is 4.19. The number of nitrogens with zero attached hydrogens (tertiary/aromatic N) is 1. The molecule has 0 aromatic carbocycles. The number of hydrogen-bond acceptors (Lipinski definition) is 3. The molecule has 1 aromatic rings. The van der Waals surface area contributed by atoms with Crippen LogP contribution in [0.4, 0.5) is 0 Å². The largest absolute Gasteiger partial charge is 0.468 e. The van der Waals surface area contributed by atoms with Crippen molar-refractivity contribution >= 4 is 0 Å². The van der Waals surface area contributed by atoms with Gasteiger partial charge in [-0.05, 0) is 32.9 Å². The van der Waals surface area contributed by atoms with Gasteiger partial charge in [-0.2, -0.15) is 0 Å². The summed E-state index contributed by atoms with van der Waals surface area (Å²) in [6.45, 7) is 9.16. The van der Waals surface area contributed by atoms with Gasteiger partial charge in [-0.25, -0.2) is 0 Å². The Hall–Kier alpha value is -0.800. The highest BCUT2D eigenvalue weighted by molar-refractivity contribution is 5.12. The van der Waals surface area contributed by atoms with Crippen molar-refractivity contribution < 1.29 is 4.42 Å². The normalized spacial score (nSPS) is 11.6. The Bertz CT molecular complexity index is 281. The highest BCUT2D eigenvalue weighted by Crippen LogP contribution is 2.12. The molecule has 0 amide bonds. The van der Waals surface area contributed by atoms with E-state index >= 15 is 0 Å². The molecule has 3 heteroatoms. The molecule has 0 atom stereocenters. The average Bonchev–Trinajstić information content (AvgIpc) is 2.65. The van der Waals surface area contributed by atoms with Gasteiger partial charge in [-0.15, -0.1) is 0 Å². The van der Waals surface area contributed by atoms with Crippen LogP contribution in [0.1, 0.15) is 38.5 Å². The van der Waals surface area contributed by atoms with Gasteiger partial charge < -0.3 is 10.2 Å². The summed E-state index contributed by atoms with van der Waals surface area (Å²) < 4.78 is 5.46. The van der Waals surface area contributed by atoms with Crippen molar-refractivity contribution in [3.05, 3.63) is 23.7 Å². The lowest BCUT2D eigenvalue weighted by Gasteiger charge is -2.24. The number of hydrogen-bond donors (Lipinski definition) is 1. The molecule has 0 saturated carbocycles.